The number of amides is 1. The number of furan rings is 1. The van der Waals surface area contributed by atoms with Gasteiger partial charge < -0.3 is 30.2 Å². The van der Waals surface area contributed by atoms with Gasteiger partial charge in [-0.1, -0.05) is 17.7 Å². The molecule has 2 aromatic heterocycles. The van der Waals surface area contributed by atoms with E-state index in [1.54, 1.807) is 30.5 Å². The molecule has 1 unspecified atom stereocenters. The monoisotopic (exact) mass is 711 g/mol. The summed E-state index contributed by atoms with van der Waals surface area (Å²) < 4.78 is 81.9. The first-order valence-corrected chi connectivity index (χ1v) is 14.8. The van der Waals surface area contributed by atoms with Gasteiger partial charge in [0, 0.05) is 30.3 Å². The van der Waals surface area contributed by atoms with Gasteiger partial charge in [-0.2, -0.15) is 26.3 Å². The number of carbonyl (C=O) groups excluding carboxylic acids is 1. The Labute approximate surface area is 280 Å². The average molecular weight is 712 g/mol. The molecule has 10 nitrogen and oxygen atoms in total. The summed E-state index contributed by atoms with van der Waals surface area (Å²) >= 11 is 6.41. The van der Waals surface area contributed by atoms with Gasteiger partial charge in [0.1, 0.15) is 35.2 Å². The van der Waals surface area contributed by atoms with Crippen molar-refractivity contribution in [3.8, 4) is 11.5 Å². The third kappa shape index (κ3) is 10.6. The molecule has 4 aromatic rings. The molecule has 1 aliphatic rings. The highest BCUT2D eigenvalue weighted by molar-refractivity contribution is 6.32. The van der Waals surface area contributed by atoms with Crippen molar-refractivity contribution in [2.45, 2.75) is 44.6 Å². The maximum atomic E-state index is 13.1. The predicted octanol–water partition coefficient (Wildman–Crippen LogP) is 8.25. The largest absolute Gasteiger partial charge is 0.490 e. The van der Waals surface area contributed by atoms with Crippen molar-refractivity contribution in [1.82, 2.24) is 15.3 Å². The number of aromatic nitrogens is 2. The van der Waals surface area contributed by atoms with Crippen LogP contribution in [0.15, 0.2) is 77.2 Å². The van der Waals surface area contributed by atoms with Crippen LogP contribution in [0, 0.1) is 0 Å². The number of hydrogen-bond donors (Lipinski definition) is 4. The molecule has 0 fully saturated rings. The predicted molar refractivity (Wildman–Crippen MR) is 168 cm³/mol. The average Bonchev–Trinajstić information content (AvgIpc) is 3.45. The van der Waals surface area contributed by atoms with Gasteiger partial charge in [0.05, 0.1) is 22.4 Å². The van der Waals surface area contributed by atoms with E-state index in [-0.39, 0.29) is 28.5 Å². The number of halogens is 7. The van der Waals surface area contributed by atoms with Crippen LogP contribution in [0.3, 0.4) is 0 Å². The lowest BCUT2D eigenvalue weighted by atomic mass is 10.1. The molecule has 260 valence electrons. The summed E-state index contributed by atoms with van der Waals surface area (Å²) in [6.07, 6.45) is -2.86. The number of alkyl halides is 6. The Morgan fingerprint density at radius 3 is 2.49 bits per heavy atom. The van der Waals surface area contributed by atoms with Crippen LogP contribution in [0.4, 0.5) is 43.7 Å². The van der Waals surface area contributed by atoms with Crippen molar-refractivity contribution in [3.05, 3.63) is 94.7 Å². The minimum atomic E-state index is -5.08. The number of aryl methyl sites for hydroxylation is 1. The second kappa shape index (κ2) is 15.8. The van der Waals surface area contributed by atoms with E-state index in [2.05, 4.69) is 25.9 Å². The quantitative estimate of drug-likeness (QED) is 0.126. The Bertz CT molecular complexity index is 1800. The molecule has 17 heteroatoms. The summed E-state index contributed by atoms with van der Waals surface area (Å²) in [5.41, 5.74) is 0.903. The number of nitrogens with one attached hydrogen (secondary N) is 3. The lowest BCUT2D eigenvalue weighted by molar-refractivity contribution is -0.192. The second-order valence-electron chi connectivity index (χ2n) is 10.5. The zero-order chi connectivity index (χ0) is 35.8. The topological polar surface area (TPSA) is 139 Å². The highest BCUT2D eigenvalue weighted by Gasteiger charge is 2.38. The number of rotatable bonds is 9. The molecule has 0 saturated heterocycles. The normalized spacial score (nSPS) is 13.3. The van der Waals surface area contributed by atoms with Gasteiger partial charge in [0.15, 0.2) is 0 Å². The second-order valence-corrected chi connectivity index (χ2v) is 10.9. The standard InChI is InChI=1S/C30H27ClF3N5O3.C2HF3O2/c1-18(7-9-22-6-3-13-41-22)38-29(40)19-11-12-35-27-24(14-19)28(37-17-36-27)39-21-8-10-26(25(31)16-21)42-23-5-2-4-20(15-23)30(32,33)34;3-2(4,5)1(6)7/h2-6,8,10,13-18H,7,9,11-12H2,1H3,(H,38,40)(H2,35,36,37,39);(H,6,7). The summed E-state index contributed by atoms with van der Waals surface area (Å²) in [4.78, 5) is 30.7. The maximum absolute atomic E-state index is 13.1. The van der Waals surface area contributed by atoms with Crippen molar-refractivity contribution in [3.63, 3.8) is 0 Å². The molecule has 1 amide bonds. The first kappa shape index (κ1) is 36.6. The number of benzene rings is 2. The Hall–Kier alpha value is -5.25. The first-order chi connectivity index (χ1) is 23.1. The third-order valence-corrected chi connectivity index (χ3v) is 7.08. The molecule has 4 N–H and O–H groups in total. The van der Waals surface area contributed by atoms with E-state index >= 15 is 0 Å². The van der Waals surface area contributed by atoms with Crippen LogP contribution in [0.5, 0.6) is 11.5 Å². The van der Waals surface area contributed by atoms with Crippen LogP contribution in [0.1, 0.15) is 36.7 Å². The van der Waals surface area contributed by atoms with Crippen LogP contribution in [-0.2, 0) is 22.2 Å². The van der Waals surface area contributed by atoms with Gasteiger partial charge >= 0.3 is 18.3 Å². The molecule has 5 rings (SSSR count). The summed E-state index contributed by atoms with van der Waals surface area (Å²) in [5.74, 6) is -0.871. The van der Waals surface area contributed by atoms with Gasteiger partial charge in [-0.3, -0.25) is 4.79 Å². The minimum absolute atomic E-state index is 0.00542. The number of carboxylic acid groups (broad SMARTS) is 1. The summed E-state index contributed by atoms with van der Waals surface area (Å²) in [6, 6.07) is 13.0. The number of aliphatic carboxylic acids is 1. The SMILES string of the molecule is CC(CCc1ccco1)NC(=O)C1=Cc2c(ncnc2Nc2ccc(Oc3cccc(C(F)(F)F)c3)c(Cl)c2)NCC1.O=C(O)C(F)(F)F. The number of anilines is 3. The smallest absolute Gasteiger partial charge is 0.475 e. The van der Waals surface area contributed by atoms with E-state index in [1.165, 1.54) is 18.5 Å². The fourth-order valence-corrected chi connectivity index (χ4v) is 4.60. The molecule has 49 heavy (non-hydrogen) atoms. The maximum Gasteiger partial charge on any atom is 0.490 e. The van der Waals surface area contributed by atoms with Crippen molar-refractivity contribution >= 4 is 46.9 Å². The molecular formula is C32H28ClF6N5O5. The number of ether oxygens (including phenoxy) is 1. The van der Waals surface area contributed by atoms with Gasteiger partial charge in [-0.15, -0.1) is 0 Å². The summed E-state index contributed by atoms with van der Waals surface area (Å²) in [7, 11) is 0. The van der Waals surface area contributed by atoms with Gasteiger partial charge in [-0.05, 0) is 74.4 Å². The van der Waals surface area contributed by atoms with Crippen LogP contribution < -0.4 is 20.7 Å². The van der Waals surface area contributed by atoms with E-state index in [4.69, 9.17) is 30.7 Å². The van der Waals surface area contributed by atoms with E-state index in [0.29, 0.717) is 47.8 Å². The van der Waals surface area contributed by atoms with Crippen molar-refractivity contribution < 1.29 is 50.2 Å². The van der Waals surface area contributed by atoms with E-state index in [1.807, 2.05) is 19.1 Å². The van der Waals surface area contributed by atoms with E-state index < -0.39 is 23.9 Å². The van der Waals surface area contributed by atoms with Gasteiger partial charge in [0.2, 0.25) is 5.91 Å². The lowest BCUT2D eigenvalue weighted by Gasteiger charge is -2.15. The van der Waals surface area contributed by atoms with E-state index in [0.717, 1.165) is 24.3 Å². The Kier molecular flexibility index (Phi) is 11.8. The van der Waals surface area contributed by atoms with Gasteiger partial charge in [0.25, 0.3) is 0 Å². The Morgan fingerprint density at radius 2 is 1.84 bits per heavy atom. The molecular weight excluding hydrogens is 684 g/mol. The molecule has 0 aliphatic carbocycles. The number of fused-ring (bicyclic) bond motifs is 1. The Balaban J connectivity index is 0.000000698. The summed E-state index contributed by atoms with van der Waals surface area (Å²) in [6.45, 7) is 2.46. The molecule has 0 spiro atoms. The van der Waals surface area contributed by atoms with E-state index in [9.17, 15) is 31.1 Å². The minimum Gasteiger partial charge on any atom is -0.475 e. The number of nitrogens with zero attached hydrogens (tertiary/aromatic N) is 2. The number of carboxylic acids is 1. The van der Waals surface area contributed by atoms with Gasteiger partial charge in [-0.25, -0.2) is 14.8 Å². The van der Waals surface area contributed by atoms with Crippen molar-refractivity contribution in [1.29, 1.82) is 0 Å². The molecule has 1 aliphatic heterocycles. The molecule has 0 bridgehead atoms. The van der Waals surface area contributed by atoms with Crippen molar-refractivity contribution in [2.75, 3.05) is 17.2 Å². The molecule has 3 heterocycles. The highest BCUT2D eigenvalue weighted by Crippen LogP contribution is 2.36. The fourth-order valence-electron chi connectivity index (χ4n) is 4.38. The summed E-state index contributed by atoms with van der Waals surface area (Å²) in [5, 5.41) is 16.8. The Morgan fingerprint density at radius 1 is 1.08 bits per heavy atom. The molecule has 2 aromatic carbocycles. The van der Waals surface area contributed by atoms with Crippen LogP contribution in [0.2, 0.25) is 5.02 Å². The van der Waals surface area contributed by atoms with Crippen LogP contribution >= 0.6 is 11.6 Å². The van der Waals surface area contributed by atoms with Crippen LogP contribution in [0.25, 0.3) is 6.08 Å². The zero-order valence-corrected chi connectivity index (χ0v) is 26.2. The fraction of sp³-hybridized carbons (Fsp3) is 0.250. The van der Waals surface area contributed by atoms with Crippen molar-refractivity contribution in [2.24, 2.45) is 0 Å². The first-order valence-electron chi connectivity index (χ1n) is 14.4. The van der Waals surface area contributed by atoms with Crippen LogP contribution in [-0.4, -0.2) is 45.7 Å². The number of hydrogen-bond acceptors (Lipinski definition) is 8. The molecule has 0 radical (unpaired) electrons. The third-order valence-electron chi connectivity index (χ3n) is 6.79. The zero-order valence-electron chi connectivity index (χ0n) is 25.5. The highest BCUT2D eigenvalue weighted by atomic mass is 35.5. The molecule has 0 saturated carbocycles. The number of carbonyl (C=O) groups is 2. The molecule has 1 atom stereocenters. The lowest BCUT2D eigenvalue weighted by Crippen LogP contribution is -2.34.